The summed E-state index contributed by atoms with van der Waals surface area (Å²) in [7, 11) is -2.35. The Morgan fingerprint density at radius 3 is 2.54 bits per heavy atom. The Labute approximate surface area is 361 Å². The molecule has 5 heterocycles. The fraction of sp³-hybridized carbons (Fsp3) is 0.587. The minimum absolute atomic E-state index is 0.0548. The predicted molar refractivity (Wildman–Crippen MR) is 234 cm³/mol. The van der Waals surface area contributed by atoms with Crippen LogP contribution >= 0.6 is 18.7 Å². The van der Waals surface area contributed by atoms with Crippen LogP contribution in [0.3, 0.4) is 0 Å². The number of ether oxygens (including phenoxy) is 3. The average molecular weight is 875 g/mol. The number of benzene rings is 1. The zero-order chi connectivity index (χ0) is 42.7. The number of Topliss-reactive ketones (excluding diaryl/α,β-unsaturated/α-hetero) is 1. The molecule has 4 fully saturated rings. The van der Waals surface area contributed by atoms with E-state index in [1.165, 1.54) is 17.6 Å². The third kappa shape index (κ3) is 9.87. The first-order chi connectivity index (χ1) is 29.4. The molecule has 3 aromatic heterocycles. The predicted octanol–water partition coefficient (Wildman–Crippen LogP) is 9.55. The molecule has 4 aromatic rings. The number of hydrogen-bond donors (Lipinski definition) is 2. The van der Waals surface area contributed by atoms with Gasteiger partial charge in [-0.05, 0) is 89.0 Å². The van der Waals surface area contributed by atoms with Crippen molar-refractivity contribution >= 4 is 52.4 Å². The number of ketones is 1. The number of methoxy groups -OCH3 is 1. The lowest BCUT2D eigenvalue weighted by molar-refractivity contribution is -0.154. The second-order valence-electron chi connectivity index (χ2n) is 17.9. The number of esters is 1. The van der Waals surface area contributed by atoms with Gasteiger partial charge in [-0.1, -0.05) is 32.1 Å². The highest BCUT2D eigenvalue weighted by atomic mass is 32.1. The molecule has 1 unspecified atom stereocenters. The Morgan fingerprint density at radius 2 is 1.79 bits per heavy atom. The first-order valence-electron chi connectivity index (χ1n) is 22.2. The molecule has 6 atom stereocenters. The van der Waals surface area contributed by atoms with Crippen molar-refractivity contribution in [1.82, 2.24) is 14.9 Å². The Balaban J connectivity index is 1.12. The number of pyridine rings is 1. The van der Waals surface area contributed by atoms with Gasteiger partial charge in [-0.3, -0.25) is 18.9 Å². The Bertz CT molecular complexity index is 2240. The topological polar surface area (TPSA) is 170 Å². The highest BCUT2D eigenvalue weighted by Gasteiger charge is 2.66. The molecule has 2 aliphatic heterocycles. The molecule has 15 heteroatoms. The molecule has 0 spiro atoms. The Hall–Kier alpha value is -4.26. The van der Waals surface area contributed by atoms with Crippen LogP contribution in [0.15, 0.2) is 52.5 Å². The lowest BCUT2D eigenvalue weighted by atomic mass is 9.94. The summed E-state index contributed by atoms with van der Waals surface area (Å²) in [5.74, 6) is -0.0856. The largest absolute Gasteiger partial charge is 0.497 e. The number of carbonyl (C=O) groups is 3. The minimum Gasteiger partial charge on any atom is -0.497 e. The van der Waals surface area contributed by atoms with Gasteiger partial charge in [0.05, 0.1) is 54.9 Å². The Kier molecular flexibility index (Phi) is 13.2. The van der Waals surface area contributed by atoms with Crippen LogP contribution < -0.4 is 14.8 Å². The molecule has 0 bridgehead atoms. The van der Waals surface area contributed by atoms with E-state index in [1.54, 1.807) is 24.1 Å². The fourth-order valence-electron chi connectivity index (χ4n) is 9.85. The van der Waals surface area contributed by atoms with Crippen LogP contribution in [0.2, 0.25) is 0 Å². The summed E-state index contributed by atoms with van der Waals surface area (Å²) in [6, 6.07) is 10.1. The first-order valence-corrected chi connectivity index (χ1v) is 24.9. The van der Waals surface area contributed by atoms with Crippen molar-refractivity contribution in [2.24, 2.45) is 11.8 Å². The van der Waals surface area contributed by atoms with E-state index in [2.05, 4.69) is 19.2 Å². The van der Waals surface area contributed by atoms with Crippen molar-refractivity contribution in [3.05, 3.63) is 53.8 Å². The van der Waals surface area contributed by atoms with E-state index < -0.39 is 30.6 Å². The van der Waals surface area contributed by atoms with Crippen LogP contribution in [-0.2, 0) is 29.8 Å². The van der Waals surface area contributed by atoms with Crippen LogP contribution in [-0.4, -0.2) is 80.5 Å². The number of hydrogen-bond acceptors (Lipinski definition) is 12. The van der Waals surface area contributed by atoms with Gasteiger partial charge in [0.2, 0.25) is 13.3 Å². The lowest BCUT2D eigenvalue weighted by Gasteiger charge is -2.30. The molecule has 61 heavy (non-hydrogen) atoms. The number of fused-ring (bicyclic) bond motifs is 3. The summed E-state index contributed by atoms with van der Waals surface area (Å²) in [5, 5.41) is 5.70. The molecule has 0 radical (unpaired) electrons. The minimum atomic E-state index is -3.95. The van der Waals surface area contributed by atoms with Gasteiger partial charge < -0.3 is 33.7 Å². The molecule has 2 N–H and O–H groups in total. The number of furan rings is 1. The van der Waals surface area contributed by atoms with Crippen molar-refractivity contribution in [2.75, 3.05) is 19.0 Å². The zero-order valence-corrected chi connectivity index (χ0v) is 37.2. The number of anilines is 1. The summed E-state index contributed by atoms with van der Waals surface area (Å²) >= 11 is 1.49. The van der Waals surface area contributed by atoms with Gasteiger partial charge in [-0.25, -0.2) is 9.97 Å². The number of carbonyl (C=O) groups excluding carboxylic acids is 3. The SMILES string of the molecule is COc1ccc2c(O[C@@H]3C[C@H]4C(=O)C[C@]5(P(=O)(O)Cc6ccco6)C[C@H]5CCCCCCC[C@H](CC(=O)OC5CCCC5)C(=O)N4C3)cc(-c3csc(NC(C)C)n3)nc2c1. The molecule has 328 valence electrons. The normalized spacial score (nSPS) is 26.3. The molecular formula is C46H59N4O9PS. The third-order valence-corrected chi connectivity index (χ3v) is 16.8. The maximum atomic E-state index is 14.9. The van der Waals surface area contributed by atoms with Crippen LogP contribution in [0.1, 0.15) is 116 Å². The van der Waals surface area contributed by atoms with Crippen molar-refractivity contribution in [1.29, 1.82) is 0 Å². The molecule has 8 rings (SSSR count). The van der Waals surface area contributed by atoms with Gasteiger partial charge in [0.1, 0.15) is 35.2 Å². The van der Waals surface area contributed by atoms with Crippen LogP contribution in [0.5, 0.6) is 11.5 Å². The van der Waals surface area contributed by atoms with Crippen LogP contribution in [0.25, 0.3) is 22.3 Å². The molecule has 4 aliphatic rings. The van der Waals surface area contributed by atoms with Gasteiger partial charge in [-0.2, -0.15) is 0 Å². The smallest absolute Gasteiger partial charge is 0.306 e. The molecule has 2 saturated carbocycles. The Morgan fingerprint density at radius 1 is 1.02 bits per heavy atom. The highest BCUT2D eigenvalue weighted by molar-refractivity contribution is 7.59. The van der Waals surface area contributed by atoms with Gasteiger partial charge in [0.15, 0.2) is 10.9 Å². The number of thiazole rings is 1. The van der Waals surface area contributed by atoms with Crippen molar-refractivity contribution in [3.63, 3.8) is 0 Å². The number of nitrogens with one attached hydrogen (secondary N) is 1. The molecule has 1 aromatic carbocycles. The van der Waals surface area contributed by atoms with E-state index in [0.29, 0.717) is 47.0 Å². The maximum Gasteiger partial charge on any atom is 0.306 e. The first kappa shape index (κ1) is 43.4. The summed E-state index contributed by atoms with van der Waals surface area (Å²) in [6.07, 6.45) is 10.6. The number of aromatic nitrogens is 2. The highest BCUT2D eigenvalue weighted by Crippen LogP contribution is 2.75. The lowest BCUT2D eigenvalue weighted by Crippen LogP contribution is -2.45. The summed E-state index contributed by atoms with van der Waals surface area (Å²) in [5.41, 5.74) is 1.91. The molecule has 13 nitrogen and oxygen atoms in total. The van der Waals surface area contributed by atoms with E-state index in [4.69, 9.17) is 28.6 Å². The number of amides is 1. The van der Waals surface area contributed by atoms with E-state index >= 15 is 0 Å². The zero-order valence-electron chi connectivity index (χ0n) is 35.5. The van der Waals surface area contributed by atoms with Gasteiger partial charge >= 0.3 is 5.97 Å². The molecule has 1 amide bonds. The van der Waals surface area contributed by atoms with Crippen molar-refractivity contribution in [2.45, 2.75) is 146 Å². The molecular weight excluding hydrogens is 816 g/mol. The van der Waals surface area contributed by atoms with Crippen LogP contribution in [0, 0.1) is 11.8 Å². The van der Waals surface area contributed by atoms with Gasteiger partial charge in [0.25, 0.3) is 0 Å². The summed E-state index contributed by atoms with van der Waals surface area (Å²) in [6.45, 7) is 4.21. The van der Waals surface area contributed by atoms with Gasteiger partial charge in [-0.15, -0.1) is 11.3 Å². The van der Waals surface area contributed by atoms with E-state index in [9.17, 15) is 23.8 Å². The monoisotopic (exact) mass is 874 g/mol. The van der Waals surface area contributed by atoms with Gasteiger partial charge in [0, 0.05) is 47.7 Å². The second-order valence-corrected chi connectivity index (χ2v) is 21.4. The average Bonchev–Trinajstić information content (AvgIpc) is 3.86. The van der Waals surface area contributed by atoms with E-state index in [1.807, 2.05) is 29.6 Å². The summed E-state index contributed by atoms with van der Waals surface area (Å²) < 4.78 is 38.3. The van der Waals surface area contributed by atoms with Crippen molar-refractivity contribution in [3.8, 4) is 22.9 Å². The van der Waals surface area contributed by atoms with Crippen molar-refractivity contribution < 1.29 is 42.5 Å². The third-order valence-electron chi connectivity index (χ3n) is 13.2. The summed E-state index contributed by atoms with van der Waals surface area (Å²) in [4.78, 5) is 66.4. The van der Waals surface area contributed by atoms with E-state index in [0.717, 1.165) is 74.7 Å². The second kappa shape index (κ2) is 18.6. The molecule has 2 aliphatic carbocycles. The standard InChI is InChI=1S/C46H59N4O9PS/c1-29(2)47-45-49-39(28-61-45)38-23-42(36-18-17-33(56-3)21-37(36)48-38)58-35-22-40-41(51)25-46(60(54,55)27-34-16-11-19-57-34)24-31(46)13-8-6-4-5-7-12-30(44(53)50(40)26-35)20-43(52)59-32-14-9-10-15-32/h11,16-19,21,23,28-32,35,40H,4-10,12-15,20,22,24-27H2,1-3H3,(H,47,49)(H,54,55)/t30-,31-,35-,40+,46-/m1/s1. The molecule has 2 saturated heterocycles. The van der Waals surface area contributed by atoms with E-state index in [-0.39, 0.29) is 67.7 Å². The quantitative estimate of drug-likeness (QED) is 0.102. The maximum absolute atomic E-state index is 14.9. The van der Waals surface area contributed by atoms with Crippen LogP contribution in [0.4, 0.5) is 5.13 Å². The number of nitrogens with zero attached hydrogens (tertiary/aromatic N) is 3. The number of rotatable bonds is 12. The fourth-order valence-corrected chi connectivity index (χ4v) is 13.2.